The number of anilines is 1. The highest BCUT2D eigenvalue weighted by molar-refractivity contribution is 9.10. The van der Waals surface area contributed by atoms with Crippen molar-refractivity contribution in [2.45, 2.75) is 13.0 Å². The van der Waals surface area contributed by atoms with Gasteiger partial charge in [-0.05, 0) is 37.3 Å². The second-order valence-electron chi connectivity index (χ2n) is 4.14. The number of benzene rings is 1. The van der Waals surface area contributed by atoms with Gasteiger partial charge in [0.05, 0.1) is 20.6 Å². The fourth-order valence-electron chi connectivity index (χ4n) is 1.78. The Kier molecular flexibility index (Phi) is 3.80. The molecular formula is C13H10BrClN2S2. The maximum absolute atomic E-state index is 5.96. The number of rotatable bonds is 3. The van der Waals surface area contributed by atoms with Crippen LogP contribution < -0.4 is 5.32 Å². The second kappa shape index (κ2) is 5.40. The van der Waals surface area contributed by atoms with Crippen molar-refractivity contribution >= 4 is 65.6 Å². The van der Waals surface area contributed by atoms with E-state index < -0.39 is 0 Å². The highest BCUT2D eigenvalue weighted by atomic mass is 79.9. The third-order valence-electron chi connectivity index (χ3n) is 2.71. The summed E-state index contributed by atoms with van der Waals surface area (Å²) < 4.78 is 3.05. The van der Waals surface area contributed by atoms with Crippen LogP contribution in [0, 0.1) is 0 Å². The van der Waals surface area contributed by atoms with E-state index in [0.717, 1.165) is 19.5 Å². The molecule has 19 heavy (non-hydrogen) atoms. The predicted octanol–water partition coefficient (Wildman–Crippen LogP) is 5.95. The number of hydrogen-bond acceptors (Lipinski definition) is 4. The van der Waals surface area contributed by atoms with E-state index in [9.17, 15) is 0 Å². The maximum Gasteiger partial charge on any atom is 0.184 e. The molecule has 6 heteroatoms. The Morgan fingerprint density at radius 3 is 2.84 bits per heavy atom. The van der Waals surface area contributed by atoms with Gasteiger partial charge < -0.3 is 5.32 Å². The van der Waals surface area contributed by atoms with Crippen LogP contribution in [-0.2, 0) is 0 Å². The minimum absolute atomic E-state index is 0.210. The van der Waals surface area contributed by atoms with Crippen molar-refractivity contribution in [2.24, 2.45) is 0 Å². The largest absolute Gasteiger partial charge is 0.354 e. The van der Waals surface area contributed by atoms with E-state index in [4.69, 9.17) is 11.6 Å². The minimum atomic E-state index is 0.210. The summed E-state index contributed by atoms with van der Waals surface area (Å²) in [6.07, 6.45) is 0. The number of halogens is 2. The molecule has 1 atom stereocenters. The lowest BCUT2D eigenvalue weighted by Crippen LogP contribution is -2.03. The first-order chi connectivity index (χ1) is 9.11. The average Bonchev–Trinajstić information content (AvgIpc) is 2.94. The van der Waals surface area contributed by atoms with Crippen molar-refractivity contribution in [3.8, 4) is 0 Å². The van der Waals surface area contributed by atoms with Gasteiger partial charge in [-0.1, -0.05) is 38.9 Å². The monoisotopic (exact) mass is 372 g/mol. The normalized spacial score (nSPS) is 12.8. The summed E-state index contributed by atoms with van der Waals surface area (Å²) in [7, 11) is 0. The molecule has 1 N–H and O–H groups in total. The van der Waals surface area contributed by atoms with E-state index in [-0.39, 0.29) is 6.04 Å². The van der Waals surface area contributed by atoms with Crippen molar-refractivity contribution in [3.63, 3.8) is 0 Å². The lowest BCUT2D eigenvalue weighted by molar-refractivity contribution is 0.905. The first-order valence-electron chi connectivity index (χ1n) is 5.70. The van der Waals surface area contributed by atoms with E-state index in [0.29, 0.717) is 0 Å². The van der Waals surface area contributed by atoms with Crippen LogP contribution in [0.15, 0.2) is 34.8 Å². The van der Waals surface area contributed by atoms with E-state index >= 15 is 0 Å². The molecule has 3 rings (SSSR count). The highest BCUT2D eigenvalue weighted by Crippen LogP contribution is 2.32. The molecule has 0 saturated heterocycles. The summed E-state index contributed by atoms with van der Waals surface area (Å²) in [5, 5.41) is 4.36. The van der Waals surface area contributed by atoms with Crippen LogP contribution in [0.2, 0.25) is 4.34 Å². The maximum atomic E-state index is 5.96. The smallest absolute Gasteiger partial charge is 0.184 e. The molecule has 3 aromatic rings. The van der Waals surface area contributed by atoms with Crippen LogP contribution in [-0.4, -0.2) is 4.98 Å². The molecule has 2 nitrogen and oxygen atoms in total. The highest BCUT2D eigenvalue weighted by Gasteiger charge is 2.11. The Hall–Kier alpha value is -0.620. The number of aromatic nitrogens is 1. The van der Waals surface area contributed by atoms with Gasteiger partial charge in [-0.2, -0.15) is 0 Å². The molecule has 0 saturated carbocycles. The quantitative estimate of drug-likeness (QED) is 0.614. The van der Waals surface area contributed by atoms with Gasteiger partial charge in [-0.15, -0.1) is 11.3 Å². The first-order valence-corrected chi connectivity index (χ1v) is 8.50. The van der Waals surface area contributed by atoms with Crippen LogP contribution >= 0.6 is 50.2 Å². The Morgan fingerprint density at radius 1 is 1.26 bits per heavy atom. The van der Waals surface area contributed by atoms with Crippen molar-refractivity contribution in [3.05, 3.63) is 44.0 Å². The summed E-state index contributed by atoms with van der Waals surface area (Å²) in [5.74, 6) is 0. The van der Waals surface area contributed by atoms with Crippen molar-refractivity contribution in [1.82, 2.24) is 4.98 Å². The van der Waals surface area contributed by atoms with Gasteiger partial charge in [-0.3, -0.25) is 0 Å². The molecule has 1 unspecified atom stereocenters. The van der Waals surface area contributed by atoms with E-state index in [1.54, 1.807) is 22.7 Å². The summed E-state index contributed by atoms with van der Waals surface area (Å²) in [4.78, 5) is 5.81. The van der Waals surface area contributed by atoms with Crippen LogP contribution in [0.5, 0.6) is 0 Å². The number of thiazole rings is 1. The number of fused-ring (bicyclic) bond motifs is 1. The number of hydrogen-bond donors (Lipinski definition) is 1. The zero-order valence-electron chi connectivity index (χ0n) is 9.98. The molecular weight excluding hydrogens is 364 g/mol. The van der Waals surface area contributed by atoms with Gasteiger partial charge in [0.15, 0.2) is 5.13 Å². The van der Waals surface area contributed by atoms with Gasteiger partial charge in [0.1, 0.15) is 0 Å². The Balaban J connectivity index is 1.85. The molecule has 0 aliphatic rings. The third-order valence-corrected chi connectivity index (χ3v) is 5.59. The van der Waals surface area contributed by atoms with E-state index in [2.05, 4.69) is 45.3 Å². The van der Waals surface area contributed by atoms with Crippen molar-refractivity contribution in [2.75, 3.05) is 5.32 Å². The molecule has 0 bridgehead atoms. The fourth-order valence-corrected chi connectivity index (χ4v) is 4.13. The van der Waals surface area contributed by atoms with Gasteiger partial charge in [-0.25, -0.2) is 4.98 Å². The molecule has 1 aromatic carbocycles. The van der Waals surface area contributed by atoms with Gasteiger partial charge >= 0.3 is 0 Å². The lowest BCUT2D eigenvalue weighted by Gasteiger charge is -2.09. The summed E-state index contributed by atoms with van der Waals surface area (Å²) >= 11 is 12.7. The Morgan fingerprint density at radius 2 is 2.11 bits per heavy atom. The molecule has 0 radical (unpaired) electrons. The molecule has 98 valence electrons. The van der Waals surface area contributed by atoms with Crippen LogP contribution in [0.4, 0.5) is 5.13 Å². The van der Waals surface area contributed by atoms with Crippen LogP contribution in [0.25, 0.3) is 10.2 Å². The second-order valence-corrected chi connectivity index (χ2v) is 7.83. The molecule has 0 spiro atoms. The van der Waals surface area contributed by atoms with Gasteiger partial charge in [0, 0.05) is 9.35 Å². The summed E-state index contributed by atoms with van der Waals surface area (Å²) in [6, 6.07) is 10.3. The van der Waals surface area contributed by atoms with Crippen LogP contribution in [0.3, 0.4) is 0 Å². The van der Waals surface area contributed by atoms with Gasteiger partial charge in [0.2, 0.25) is 0 Å². The summed E-state index contributed by atoms with van der Waals surface area (Å²) in [6.45, 7) is 2.12. The predicted molar refractivity (Wildman–Crippen MR) is 88.7 cm³/mol. The van der Waals surface area contributed by atoms with E-state index in [1.807, 2.05) is 18.2 Å². The average molecular weight is 374 g/mol. The molecule has 0 aliphatic heterocycles. The minimum Gasteiger partial charge on any atom is -0.354 e. The standard InChI is InChI=1S/C13H10BrClN2S2/c1-7(10-4-5-12(15)18-10)16-13-17-9-6-8(14)2-3-11(9)19-13/h2-7H,1H3,(H,16,17). The van der Waals surface area contributed by atoms with Crippen molar-refractivity contribution < 1.29 is 0 Å². The fraction of sp³-hybridized carbons (Fsp3) is 0.154. The van der Waals surface area contributed by atoms with E-state index in [1.165, 1.54) is 9.58 Å². The van der Waals surface area contributed by atoms with Crippen molar-refractivity contribution in [1.29, 1.82) is 0 Å². The Labute approximate surface area is 132 Å². The zero-order valence-corrected chi connectivity index (χ0v) is 14.0. The summed E-state index contributed by atoms with van der Waals surface area (Å²) in [5.41, 5.74) is 1.01. The molecule has 0 amide bonds. The molecule has 2 heterocycles. The Bertz CT molecular complexity index is 722. The van der Waals surface area contributed by atoms with Gasteiger partial charge in [0.25, 0.3) is 0 Å². The topological polar surface area (TPSA) is 24.9 Å². The number of nitrogens with one attached hydrogen (secondary N) is 1. The number of thiophene rings is 1. The SMILES string of the molecule is CC(Nc1nc2cc(Br)ccc2s1)c1ccc(Cl)s1. The zero-order chi connectivity index (χ0) is 13.4. The number of nitrogens with zero attached hydrogens (tertiary/aromatic N) is 1. The van der Waals surface area contributed by atoms with Crippen LogP contribution in [0.1, 0.15) is 17.8 Å². The first kappa shape index (κ1) is 13.4. The molecule has 2 aromatic heterocycles. The molecule has 0 aliphatic carbocycles. The lowest BCUT2D eigenvalue weighted by atomic mass is 10.3. The molecule has 0 fully saturated rings. The third kappa shape index (κ3) is 2.94.